The Labute approximate surface area is 176 Å². The van der Waals surface area contributed by atoms with Crippen molar-refractivity contribution < 1.29 is 4.74 Å². The van der Waals surface area contributed by atoms with Gasteiger partial charge in [0.15, 0.2) is 5.82 Å². The lowest BCUT2D eigenvalue weighted by atomic mass is 10.0. The van der Waals surface area contributed by atoms with Crippen molar-refractivity contribution in [2.24, 2.45) is 0 Å². The Morgan fingerprint density at radius 1 is 1.13 bits per heavy atom. The van der Waals surface area contributed by atoms with Gasteiger partial charge in [0.25, 0.3) is 0 Å². The first-order valence-corrected chi connectivity index (χ1v) is 10.6. The van der Waals surface area contributed by atoms with Gasteiger partial charge in [0.2, 0.25) is 0 Å². The highest BCUT2D eigenvalue weighted by molar-refractivity contribution is 5.94. The van der Waals surface area contributed by atoms with Gasteiger partial charge in [-0.1, -0.05) is 0 Å². The van der Waals surface area contributed by atoms with Crippen LogP contribution in [0.25, 0.3) is 33.5 Å². The van der Waals surface area contributed by atoms with Crippen LogP contribution in [0, 0.1) is 0 Å². The minimum absolute atomic E-state index is 0.577. The van der Waals surface area contributed by atoms with Crippen LogP contribution in [-0.4, -0.2) is 64.9 Å². The van der Waals surface area contributed by atoms with E-state index < -0.39 is 0 Å². The van der Waals surface area contributed by atoms with E-state index in [1.54, 1.807) is 0 Å². The van der Waals surface area contributed by atoms with Crippen molar-refractivity contribution >= 4 is 27.6 Å². The molecule has 0 bridgehead atoms. The molecule has 7 nitrogen and oxygen atoms in total. The molecular weight excluding hydrogens is 376 g/mol. The fourth-order valence-corrected chi connectivity index (χ4v) is 4.35. The van der Waals surface area contributed by atoms with E-state index in [0.29, 0.717) is 12.6 Å². The van der Waals surface area contributed by atoms with Gasteiger partial charge in [-0.2, -0.15) is 5.10 Å². The van der Waals surface area contributed by atoms with E-state index in [2.05, 4.69) is 57.3 Å². The van der Waals surface area contributed by atoms with E-state index in [1.807, 2.05) is 25.1 Å². The third kappa shape index (κ3) is 3.39. The van der Waals surface area contributed by atoms with Crippen molar-refractivity contribution in [3.05, 3.63) is 36.4 Å². The Balaban J connectivity index is 1.47. The number of aromatic nitrogens is 4. The zero-order valence-electron chi connectivity index (χ0n) is 17.8. The quantitative estimate of drug-likeness (QED) is 0.525. The third-order valence-electron chi connectivity index (χ3n) is 6.18. The van der Waals surface area contributed by atoms with Gasteiger partial charge >= 0.3 is 0 Å². The van der Waals surface area contributed by atoms with Crippen molar-refractivity contribution in [2.75, 3.05) is 38.7 Å². The molecular formula is C23H28N6O. The number of H-pyrrole nitrogens is 2. The molecule has 0 aliphatic carbocycles. The maximum absolute atomic E-state index is 5.66. The first-order chi connectivity index (χ1) is 14.6. The van der Waals surface area contributed by atoms with Crippen molar-refractivity contribution in [1.82, 2.24) is 25.1 Å². The first-order valence-electron chi connectivity index (χ1n) is 10.6. The van der Waals surface area contributed by atoms with E-state index >= 15 is 0 Å². The number of nitrogens with zero attached hydrogens (tertiary/aromatic N) is 4. The molecule has 2 N–H and O–H groups in total. The Hall–Kier alpha value is -3.06. The number of piperidine rings is 1. The monoisotopic (exact) mass is 404 g/mol. The molecule has 1 fully saturated rings. The van der Waals surface area contributed by atoms with Crippen LogP contribution in [-0.2, 0) is 0 Å². The molecule has 0 saturated carbocycles. The average Bonchev–Trinajstić information content (AvgIpc) is 3.37. The highest BCUT2D eigenvalue weighted by atomic mass is 16.5. The lowest BCUT2D eigenvalue weighted by molar-refractivity contribution is 0.253. The molecule has 0 radical (unpaired) electrons. The summed E-state index contributed by atoms with van der Waals surface area (Å²) in [7, 11) is 4.40. The van der Waals surface area contributed by atoms with Crippen LogP contribution >= 0.6 is 0 Å². The molecule has 0 amide bonds. The second-order valence-corrected chi connectivity index (χ2v) is 8.14. The zero-order valence-corrected chi connectivity index (χ0v) is 17.8. The SMILES string of the molecule is CCOc1ccc2[nH]nc(-c3nc4ccc(N(C)C5CCN(C)CC5)cc4[nH]3)c2c1. The number of hydrogen-bond donors (Lipinski definition) is 2. The van der Waals surface area contributed by atoms with E-state index in [4.69, 9.17) is 9.72 Å². The molecule has 0 atom stereocenters. The van der Waals surface area contributed by atoms with Crippen LogP contribution < -0.4 is 9.64 Å². The Bertz CT molecular complexity index is 1170. The van der Waals surface area contributed by atoms with Gasteiger partial charge in [-0.3, -0.25) is 5.10 Å². The van der Waals surface area contributed by atoms with Crippen molar-refractivity contribution in [3.8, 4) is 17.3 Å². The predicted molar refractivity (Wildman–Crippen MR) is 121 cm³/mol. The van der Waals surface area contributed by atoms with E-state index in [-0.39, 0.29) is 0 Å². The van der Waals surface area contributed by atoms with Crippen LogP contribution in [0.5, 0.6) is 5.75 Å². The molecule has 3 heterocycles. The Morgan fingerprint density at radius 2 is 1.97 bits per heavy atom. The molecule has 0 unspecified atom stereocenters. The number of likely N-dealkylation sites (tertiary alicyclic amines) is 1. The number of imidazole rings is 1. The summed E-state index contributed by atoms with van der Waals surface area (Å²) in [5.41, 5.74) is 4.98. The van der Waals surface area contributed by atoms with Crippen molar-refractivity contribution in [1.29, 1.82) is 0 Å². The molecule has 1 saturated heterocycles. The molecule has 1 aliphatic heterocycles. The van der Waals surface area contributed by atoms with Gasteiger partial charge < -0.3 is 19.5 Å². The first kappa shape index (κ1) is 18.9. The number of nitrogens with one attached hydrogen (secondary N) is 2. The maximum atomic E-state index is 5.66. The van der Waals surface area contributed by atoms with Gasteiger partial charge in [0.05, 0.1) is 23.2 Å². The fraction of sp³-hybridized carbons (Fsp3) is 0.391. The summed E-state index contributed by atoms with van der Waals surface area (Å²) in [4.78, 5) is 13.1. The van der Waals surface area contributed by atoms with Crippen LogP contribution in [0.1, 0.15) is 19.8 Å². The summed E-state index contributed by atoms with van der Waals surface area (Å²) < 4.78 is 5.66. The van der Waals surface area contributed by atoms with Crippen LogP contribution in [0.2, 0.25) is 0 Å². The molecule has 2 aromatic heterocycles. The summed E-state index contributed by atoms with van der Waals surface area (Å²) in [6.45, 7) is 4.93. The number of ether oxygens (including phenoxy) is 1. The van der Waals surface area contributed by atoms with E-state index in [1.165, 1.54) is 18.5 Å². The number of aromatic amines is 2. The third-order valence-corrected chi connectivity index (χ3v) is 6.18. The van der Waals surface area contributed by atoms with Crippen LogP contribution in [0.3, 0.4) is 0 Å². The number of hydrogen-bond acceptors (Lipinski definition) is 5. The number of fused-ring (bicyclic) bond motifs is 2. The average molecular weight is 405 g/mol. The molecule has 4 aromatic rings. The summed E-state index contributed by atoms with van der Waals surface area (Å²) in [5.74, 6) is 1.61. The molecule has 30 heavy (non-hydrogen) atoms. The second kappa shape index (κ2) is 7.65. The second-order valence-electron chi connectivity index (χ2n) is 8.14. The van der Waals surface area contributed by atoms with Crippen LogP contribution in [0.15, 0.2) is 36.4 Å². The molecule has 1 aliphatic rings. The lowest BCUT2D eigenvalue weighted by Gasteiger charge is -2.36. The molecule has 2 aromatic carbocycles. The van der Waals surface area contributed by atoms with Crippen LogP contribution in [0.4, 0.5) is 5.69 Å². The molecule has 7 heteroatoms. The summed E-state index contributed by atoms with van der Waals surface area (Å²) >= 11 is 0. The number of anilines is 1. The smallest absolute Gasteiger partial charge is 0.159 e. The molecule has 5 rings (SSSR count). The minimum Gasteiger partial charge on any atom is -0.494 e. The summed E-state index contributed by atoms with van der Waals surface area (Å²) in [5, 5.41) is 8.61. The number of benzene rings is 2. The predicted octanol–water partition coefficient (Wildman–Crippen LogP) is 4.04. The van der Waals surface area contributed by atoms with Gasteiger partial charge in [-0.15, -0.1) is 0 Å². The van der Waals surface area contributed by atoms with E-state index in [0.717, 1.165) is 52.3 Å². The highest BCUT2D eigenvalue weighted by Gasteiger charge is 2.21. The van der Waals surface area contributed by atoms with Gasteiger partial charge in [0, 0.05) is 24.2 Å². The van der Waals surface area contributed by atoms with Gasteiger partial charge in [-0.25, -0.2) is 4.98 Å². The van der Waals surface area contributed by atoms with Gasteiger partial charge in [-0.05, 0) is 76.3 Å². The zero-order chi connectivity index (χ0) is 20.7. The van der Waals surface area contributed by atoms with E-state index in [9.17, 15) is 0 Å². The highest BCUT2D eigenvalue weighted by Crippen LogP contribution is 2.31. The Kier molecular flexibility index (Phi) is 4.83. The normalized spacial score (nSPS) is 15.8. The lowest BCUT2D eigenvalue weighted by Crippen LogP contribution is -2.41. The van der Waals surface area contributed by atoms with Crippen molar-refractivity contribution in [2.45, 2.75) is 25.8 Å². The Morgan fingerprint density at radius 3 is 2.77 bits per heavy atom. The topological polar surface area (TPSA) is 73.1 Å². The standard InChI is InChI=1S/C23H28N6O/c1-4-30-17-6-8-19-18(14-17)22(27-26-19)23-24-20-7-5-16(13-21(20)25-23)29(3)15-9-11-28(2)12-10-15/h5-8,13-15H,4,9-12H2,1-3H3,(H,24,25)(H,26,27). The molecule has 156 valence electrons. The van der Waals surface area contributed by atoms with Crippen molar-refractivity contribution in [3.63, 3.8) is 0 Å². The minimum atomic E-state index is 0.577. The summed E-state index contributed by atoms with van der Waals surface area (Å²) in [6, 6.07) is 13.0. The largest absolute Gasteiger partial charge is 0.494 e. The maximum Gasteiger partial charge on any atom is 0.159 e. The van der Waals surface area contributed by atoms with Gasteiger partial charge in [0.1, 0.15) is 11.4 Å². The summed E-state index contributed by atoms with van der Waals surface area (Å²) in [6.07, 6.45) is 2.39. The molecule has 0 spiro atoms. The number of rotatable bonds is 5. The fourth-order valence-electron chi connectivity index (χ4n) is 4.35.